The topological polar surface area (TPSA) is 52.9 Å². The third kappa shape index (κ3) is 2.62. The Labute approximate surface area is 127 Å². The van der Waals surface area contributed by atoms with Crippen LogP contribution in [0, 0.1) is 0 Å². The van der Waals surface area contributed by atoms with E-state index in [2.05, 4.69) is 5.10 Å². The minimum atomic E-state index is -0.995. The summed E-state index contributed by atoms with van der Waals surface area (Å²) in [6, 6.07) is 16.9. The van der Waals surface area contributed by atoms with E-state index in [1.165, 1.54) is 0 Å². The molecule has 5 heteroatoms. The summed E-state index contributed by atoms with van der Waals surface area (Å²) in [7, 11) is 0. The molecule has 0 saturated heterocycles. The molecule has 0 spiro atoms. The van der Waals surface area contributed by atoms with Gasteiger partial charge in [0.25, 0.3) is 0 Å². The minimum absolute atomic E-state index is 0.142. The fourth-order valence-electron chi connectivity index (χ4n) is 2.43. The number of rotatable bonds is 3. The van der Waals surface area contributed by atoms with Crippen molar-refractivity contribution in [2.75, 3.05) is 5.01 Å². The normalized spacial score (nSPS) is 17.7. The number of hydrogen-bond acceptors (Lipinski definition) is 3. The number of carbonyl (C=O) groups is 1. The number of hydrazone groups is 1. The summed E-state index contributed by atoms with van der Waals surface area (Å²) in [4.78, 5) is 11.2. The average molecular weight is 301 g/mol. The van der Waals surface area contributed by atoms with Gasteiger partial charge in [0.05, 0.1) is 16.8 Å². The summed E-state index contributed by atoms with van der Waals surface area (Å²) >= 11 is 6.23. The molecule has 0 amide bonds. The van der Waals surface area contributed by atoms with Gasteiger partial charge in [0.1, 0.15) is 5.71 Å². The molecule has 1 aliphatic rings. The maximum Gasteiger partial charge on any atom is 0.352 e. The van der Waals surface area contributed by atoms with E-state index >= 15 is 0 Å². The van der Waals surface area contributed by atoms with E-state index in [1.807, 2.05) is 48.5 Å². The van der Waals surface area contributed by atoms with Crippen molar-refractivity contribution in [3.8, 4) is 0 Å². The number of benzene rings is 2. The second kappa shape index (κ2) is 5.58. The second-order valence-corrected chi connectivity index (χ2v) is 5.19. The van der Waals surface area contributed by atoms with Crippen molar-refractivity contribution in [3.63, 3.8) is 0 Å². The van der Waals surface area contributed by atoms with Crippen LogP contribution >= 0.6 is 11.6 Å². The number of para-hydroxylation sites is 1. The van der Waals surface area contributed by atoms with E-state index in [1.54, 1.807) is 11.1 Å². The van der Waals surface area contributed by atoms with Crippen LogP contribution in [-0.4, -0.2) is 16.8 Å². The lowest BCUT2D eigenvalue weighted by molar-refractivity contribution is -0.129. The van der Waals surface area contributed by atoms with Crippen LogP contribution in [0.2, 0.25) is 5.02 Å². The molecule has 0 fully saturated rings. The number of carboxylic acid groups (broad SMARTS) is 1. The first-order valence-electron chi connectivity index (χ1n) is 6.56. The summed E-state index contributed by atoms with van der Waals surface area (Å²) < 4.78 is 0. The monoisotopic (exact) mass is 300 g/mol. The lowest BCUT2D eigenvalue weighted by atomic mass is 10.0. The molecular formula is C16H13ClN2O2. The first kappa shape index (κ1) is 13.6. The highest BCUT2D eigenvalue weighted by molar-refractivity contribution is 6.37. The molecule has 1 atom stereocenters. The van der Waals surface area contributed by atoms with Crippen molar-refractivity contribution in [3.05, 3.63) is 65.2 Å². The molecule has 2 aromatic carbocycles. The average Bonchev–Trinajstić information content (AvgIpc) is 2.94. The van der Waals surface area contributed by atoms with Gasteiger partial charge in [-0.1, -0.05) is 54.1 Å². The zero-order valence-electron chi connectivity index (χ0n) is 11.1. The maximum absolute atomic E-state index is 11.2. The van der Waals surface area contributed by atoms with Crippen molar-refractivity contribution in [1.29, 1.82) is 0 Å². The smallest absolute Gasteiger partial charge is 0.352 e. The van der Waals surface area contributed by atoms with E-state index in [9.17, 15) is 9.90 Å². The van der Waals surface area contributed by atoms with Crippen LogP contribution in [0.15, 0.2) is 59.7 Å². The predicted molar refractivity (Wildman–Crippen MR) is 82.8 cm³/mol. The summed E-state index contributed by atoms with van der Waals surface area (Å²) in [6.07, 6.45) is 0.352. The van der Waals surface area contributed by atoms with Crippen LogP contribution in [0.4, 0.5) is 5.69 Å². The van der Waals surface area contributed by atoms with Gasteiger partial charge in [0.2, 0.25) is 0 Å². The number of aliphatic carboxylic acids is 1. The largest absolute Gasteiger partial charge is 0.477 e. The molecule has 21 heavy (non-hydrogen) atoms. The fourth-order valence-corrected chi connectivity index (χ4v) is 2.66. The molecule has 0 aromatic heterocycles. The van der Waals surface area contributed by atoms with E-state index in [4.69, 9.17) is 11.6 Å². The van der Waals surface area contributed by atoms with Crippen molar-refractivity contribution < 1.29 is 9.90 Å². The highest BCUT2D eigenvalue weighted by atomic mass is 35.5. The zero-order valence-corrected chi connectivity index (χ0v) is 11.9. The second-order valence-electron chi connectivity index (χ2n) is 4.78. The number of nitrogens with zero attached hydrogens (tertiary/aromatic N) is 2. The highest BCUT2D eigenvalue weighted by Gasteiger charge is 2.32. The van der Waals surface area contributed by atoms with Crippen LogP contribution in [0.25, 0.3) is 0 Å². The molecule has 1 heterocycles. The Morgan fingerprint density at radius 3 is 2.48 bits per heavy atom. The minimum Gasteiger partial charge on any atom is -0.477 e. The summed E-state index contributed by atoms with van der Waals surface area (Å²) in [6.45, 7) is 0. The molecule has 106 valence electrons. The Morgan fingerprint density at radius 1 is 1.14 bits per heavy atom. The van der Waals surface area contributed by atoms with Gasteiger partial charge >= 0.3 is 5.97 Å². The summed E-state index contributed by atoms with van der Waals surface area (Å²) in [5.41, 5.74) is 1.87. The first-order chi connectivity index (χ1) is 10.2. The molecular weight excluding hydrogens is 288 g/mol. The van der Waals surface area contributed by atoms with Gasteiger partial charge in [-0.2, -0.15) is 5.10 Å². The van der Waals surface area contributed by atoms with Gasteiger partial charge < -0.3 is 5.11 Å². The number of hydrogen-bond donors (Lipinski definition) is 1. The highest BCUT2D eigenvalue weighted by Crippen LogP contribution is 2.38. The van der Waals surface area contributed by atoms with Crippen molar-refractivity contribution in [2.45, 2.75) is 12.5 Å². The standard InChI is InChI=1S/C16H13ClN2O2/c17-12-8-4-5-9-14(12)19-15(10-13(18-19)16(20)21)11-6-2-1-3-7-11/h1-9,15H,10H2,(H,20,21)/t15-/m0/s1. The van der Waals surface area contributed by atoms with Gasteiger partial charge in [-0.15, -0.1) is 0 Å². The molecule has 1 N–H and O–H groups in total. The molecule has 0 radical (unpaired) electrons. The van der Waals surface area contributed by atoms with Crippen LogP contribution < -0.4 is 5.01 Å². The molecule has 0 bridgehead atoms. The van der Waals surface area contributed by atoms with Crippen molar-refractivity contribution in [2.24, 2.45) is 5.10 Å². The zero-order chi connectivity index (χ0) is 14.8. The van der Waals surface area contributed by atoms with Gasteiger partial charge in [0.15, 0.2) is 0 Å². The van der Waals surface area contributed by atoms with Gasteiger partial charge in [0, 0.05) is 6.42 Å². The predicted octanol–water partition coefficient (Wildman–Crippen LogP) is 3.73. The van der Waals surface area contributed by atoms with Crippen molar-refractivity contribution in [1.82, 2.24) is 0 Å². The Morgan fingerprint density at radius 2 is 1.81 bits per heavy atom. The van der Waals surface area contributed by atoms with Gasteiger partial charge in [-0.05, 0) is 17.7 Å². The molecule has 4 nitrogen and oxygen atoms in total. The number of halogens is 1. The summed E-state index contributed by atoms with van der Waals surface area (Å²) in [5.74, 6) is -0.995. The molecule has 0 aliphatic carbocycles. The Bertz CT molecular complexity index is 700. The Kier molecular flexibility index (Phi) is 3.62. The lowest BCUT2D eigenvalue weighted by Crippen LogP contribution is -2.18. The number of carboxylic acids is 1. The van der Waals surface area contributed by atoms with Crippen LogP contribution in [0.5, 0.6) is 0 Å². The lowest BCUT2D eigenvalue weighted by Gasteiger charge is -2.24. The van der Waals surface area contributed by atoms with Crippen LogP contribution in [0.3, 0.4) is 0 Å². The maximum atomic E-state index is 11.2. The van der Waals surface area contributed by atoms with Gasteiger partial charge in [-0.25, -0.2) is 4.79 Å². The third-order valence-corrected chi connectivity index (χ3v) is 3.76. The fraction of sp³-hybridized carbons (Fsp3) is 0.125. The molecule has 0 unspecified atom stereocenters. The molecule has 1 aliphatic heterocycles. The molecule has 0 saturated carbocycles. The summed E-state index contributed by atoms with van der Waals surface area (Å²) in [5, 5.41) is 15.7. The first-order valence-corrected chi connectivity index (χ1v) is 6.94. The Hall–Kier alpha value is -2.33. The van der Waals surface area contributed by atoms with E-state index in [0.29, 0.717) is 17.1 Å². The van der Waals surface area contributed by atoms with E-state index < -0.39 is 5.97 Å². The molecule has 3 rings (SSSR count). The SMILES string of the molecule is O=C(O)C1=NN(c2ccccc2Cl)[C@H](c2ccccc2)C1. The third-order valence-electron chi connectivity index (χ3n) is 3.44. The van der Waals surface area contributed by atoms with Gasteiger partial charge in [-0.3, -0.25) is 5.01 Å². The van der Waals surface area contributed by atoms with Crippen LogP contribution in [-0.2, 0) is 4.79 Å². The van der Waals surface area contributed by atoms with Crippen molar-refractivity contribution >= 4 is 29.0 Å². The van der Waals surface area contributed by atoms with E-state index in [-0.39, 0.29) is 11.8 Å². The number of anilines is 1. The molecule has 2 aromatic rings. The van der Waals surface area contributed by atoms with Crippen LogP contribution in [0.1, 0.15) is 18.0 Å². The quantitative estimate of drug-likeness (QED) is 0.939. The van der Waals surface area contributed by atoms with E-state index in [0.717, 1.165) is 5.56 Å². The Balaban J connectivity index is 2.05.